The first-order chi connectivity index (χ1) is 7.16. The number of rotatable bonds is 4. The molecule has 0 heterocycles. The highest BCUT2D eigenvalue weighted by Crippen LogP contribution is 2.31. The molecule has 0 bridgehead atoms. The first-order valence-electron chi connectivity index (χ1n) is 5.31. The first-order valence-corrected chi connectivity index (χ1v) is 5.69. The molecule has 1 aromatic carbocycles. The predicted octanol–water partition coefficient (Wildman–Crippen LogP) is 3.19. The molecule has 1 aromatic rings. The molecule has 90 valence electrons. The molecule has 0 aromatic heterocycles. The van der Waals surface area contributed by atoms with Crippen molar-refractivity contribution in [3.63, 3.8) is 0 Å². The number of aryl methyl sites for hydroxylation is 1. The number of hydrogen-bond donors (Lipinski definition) is 1. The molecule has 1 fully saturated rings. The molecule has 0 amide bonds. The largest absolute Gasteiger partial charge is 0.492 e. The van der Waals surface area contributed by atoms with E-state index in [1.807, 2.05) is 25.1 Å². The molecule has 2 nitrogen and oxygen atoms in total. The number of nitrogens with two attached hydrogens (primary N) is 1. The highest BCUT2D eigenvalue weighted by molar-refractivity contribution is 6.31. The molecular formula is C12H17Cl2NO. The van der Waals surface area contributed by atoms with Gasteiger partial charge in [-0.05, 0) is 49.4 Å². The first kappa shape index (κ1) is 13.6. The van der Waals surface area contributed by atoms with Gasteiger partial charge in [-0.25, -0.2) is 0 Å². The van der Waals surface area contributed by atoms with E-state index in [4.69, 9.17) is 22.1 Å². The zero-order valence-electron chi connectivity index (χ0n) is 9.28. The fraction of sp³-hybridized carbons (Fsp3) is 0.500. The van der Waals surface area contributed by atoms with E-state index in [0.29, 0.717) is 12.5 Å². The Hall–Kier alpha value is -0.440. The average molecular weight is 262 g/mol. The van der Waals surface area contributed by atoms with Crippen molar-refractivity contribution >= 4 is 24.0 Å². The zero-order valence-corrected chi connectivity index (χ0v) is 10.9. The van der Waals surface area contributed by atoms with Crippen molar-refractivity contribution in [1.82, 2.24) is 0 Å². The van der Waals surface area contributed by atoms with E-state index in [1.54, 1.807) is 0 Å². The van der Waals surface area contributed by atoms with Gasteiger partial charge in [-0.2, -0.15) is 0 Å². The van der Waals surface area contributed by atoms with E-state index in [2.05, 4.69) is 0 Å². The van der Waals surface area contributed by atoms with Gasteiger partial charge >= 0.3 is 0 Å². The van der Waals surface area contributed by atoms with Crippen LogP contribution in [0.5, 0.6) is 5.75 Å². The third-order valence-electron chi connectivity index (χ3n) is 2.80. The van der Waals surface area contributed by atoms with Gasteiger partial charge in [0.2, 0.25) is 0 Å². The lowest BCUT2D eigenvalue weighted by molar-refractivity contribution is 0.276. The summed E-state index contributed by atoms with van der Waals surface area (Å²) >= 11 is 5.92. The topological polar surface area (TPSA) is 35.2 Å². The molecule has 0 aliphatic heterocycles. The molecule has 0 radical (unpaired) electrons. The standard InChI is InChI=1S/C12H16ClNO.ClH/c1-8-6-10(4-5-11(8)13)15-7-12(14)9-2-3-9;/h4-6,9,12H,2-3,7,14H2,1H3;1H. The van der Waals surface area contributed by atoms with E-state index < -0.39 is 0 Å². The maximum Gasteiger partial charge on any atom is 0.119 e. The minimum absolute atomic E-state index is 0. The second kappa shape index (κ2) is 5.76. The van der Waals surface area contributed by atoms with Gasteiger partial charge in [-0.3, -0.25) is 0 Å². The van der Waals surface area contributed by atoms with Crippen LogP contribution < -0.4 is 10.5 Å². The van der Waals surface area contributed by atoms with Crippen molar-refractivity contribution in [2.24, 2.45) is 11.7 Å². The molecule has 16 heavy (non-hydrogen) atoms. The van der Waals surface area contributed by atoms with Crippen LogP contribution in [0.1, 0.15) is 18.4 Å². The summed E-state index contributed by atoms with van der Waals surface area (Å²) in [4.78, 5) is 0. The van der Waals surface area contributed by atoms with Gasteiger partial charge in [0.15, 0.2) is 0 Å². The maximum absolute atomic E-state index is 5.94. The summed E-state index contributed by atoms with van der Waals surface area (Å²) in [5.74, 6) is 1.53. The molecule has 2 rings (SSSR count). The maximum atomic E-state index is 5.94. The van der Waals surface area contributed by atoms with Gasteiger partial charge in [-0.1, -0.05) is 11.6 Å². The van der Waals surface area contributed by atoms with Crippen LogP contribution in [0.25, 0.3) is 0 Å². The lowest BCUT2D eigenvalue weighted by Gasteiger charge is -2.12. The third-order valence-corrected chi connectivity index (χ3v) is 3.22. The number of halogens is 2. The Kier molecular flexibility index (Phi) is 4.90. The van der Waals surface area contributed by atoms with Gasteiger partial charge < -0.3 is 10.5 Å². The Labute approximate surface area is 108 Å². The van der Waals surface area contributed by atoms with Crippen molar-refractivity contribution in [3.8, 4) is 5.75 Å². The number of benzene rings is 1. The van der Waals surface area contributed by atoms with Crippen LogP contribution in [0.15, 0.2) is 18.2 Å². The second-order valence-corrected chi connectivity index (χ2v) is 4.63. The lowest BCUT2D eigenvalue weighted by atomic mass is 10.2. The van der Waals surface area contributed by atoms with Crippen LogP contribution in [-0.4, -0.2) is 12.6 Å². The minimum Gasteiger partial charge on any atom is -0.492 e. The second-order valence-electron chi connectivity index (χ2n) is 4.22. The van der Waals surface area contributed by atoms with E-state index in [-0.39, 0.29) is 18.4 Å². The Balaban J connectivity index is 0.00000128. The SMILES string of the molecule is Cc1cc(OCC(N)C2CC2)ccc1Cl.Cl. The van der Waals surface area contributed by atoms with Crippen LogP contribution >= 0.6 is 24.0 Å². The molecule has 1 unspecified atom stereocenters. The van der Waals surface area contributed by atoms with Crippen molar-refractivity contribution in [2.45, 2.75) is 25.8 Å². The third kappa shape index (κ3) is 3.55. The monoisotopic (exact) mass is 261 g/mol. The van der Waals surface area contributed by atoms with E-state index in [1.165, 1.54) is 12.8 Å². The summed E-state index contributed by atoms with van der Waals surface area (Å²) < 4.78 is 5.62. The van der Waals surface area contributed by atoms with E-state index in [0.717, 1.165) is 16.3 Å². The van der Waals surface area contributed by atoms with Gasteiger partial charge in [-0.15, -0.1) is 12.4 Å². The Morgan fingerprint density at radius 2 is 2.19 bits per heavy atom. The van der Waals surface area contributed by atoms with Crippen LogP contribution in [0.2, 0.25) is 5.02 Å². The zero-order chi connectivity index (χ0) is 10.8. The quantitative estimate of drug-likeness (QED) is 0.904. The minimum atomic E-state index is 0. The summed E-state index contributed by atoms with van der Waals surface area (Å²) in [6.07, 6.45) is 2.51. The van der Waals surface area contributed by atoms with Gasteiger partial charge in [0.25, 0.3) is 0 Å². The van der Waals surface area contributed by atoms with E-state index in [9.17, 15) is 0 Å². The van der Waals surface area contributed by atoms with Crippen LogP contribution in [0.4, 0.5) is 0 Å². The van der Waals surface area contributed by atoms with E-state index >= 15 is 0 Å². The molecule has 1 aliphatic rings. The molecule has 1 aliphatic carbocycles. The summed E-state index contributed by atoms with van der Waals surface area (Å²) in [5, 5.41) is 0.772. The summed E-state index contributed by atoms with van der Waals surface area (Å²) in [6.45, 7) is 2.57. The average Bonchev–Trinajstić information content (AvgIpc) is 3.03. The molecule has 0 saturated heterocycles. The number of hydrogen-bond acceptors (Lipinski definition) is 2. The van der Waals surface area contributed by atoms with Crippen LogP contribution in [0.3, 0.4) is 0 Å². The molecule has 1 saturated carbocycles. The van der Waals surface area contributed by atoms with Crippen molar-refractivity contribution in [1.29, 1.82) is 0 Å². The molecule has 0 spiro atoms. The smallest absolute Gasteiger partial charge is 0.119 e. The van der Waals surface area contributed by atoms with Crippen molar-refractivity contribution in [2.75, 3.05) is 6.61 Å². The summed E-state index contributed by atoms with van der Waals surface area (Å²) in [5.41, 5.74) is 6.98. The van der Waals surface area contributed by atoms with Crippen LogP contribution in [-0.2, 0) is 0 Å². The van der Waals surface area contributed by atoms with Gasteiger partial charge in [0.1, 0.15) is 12.4 Å². The fourth-order valence-electron chi connectivity index (χ4n) is 1.56. The highest BCUT2D eigenvalue weighted by Gasteiger charge is 2.28. The summed E-state index contributed by atoms with van der Waals surface area (Å²) in [6, 6.07) is 5.87. The van der Waals surface area contributed by atoms with Gasteiger partial charge in [0, 0.05) is 11.1 Å². The Morgan fingerprint density at radius 1 is 1.50 bits per heavy atom. The van der Waals surface area contributed by atoms with Crippen molar-refractivity contribution in [3.05, 3.63) is 28.8 Å². The fourth-order valence-corrected chi connectivity index (χ4v) is 1.68. The Bertz CT molecular complexity index is 353. The normalized spacial score (nSPS) is 16.4. The molecule has 4 heteroatoms. The molecule has 2 N–H and O–H groups in total. The number of ether oxygens (including phenoxy) is 1. The van der Waals surface area contributed by atoms with Crippen LogP contribution in [0, 0.1) is 12.8 Å². The lowest BCUT2D eigenvalue weighted by Crippen LogP contribution is -2.29. The predicted molar refractivity (Wildman–Crippen MR) is 69.6 cm³/mol. The van der Waals surface area contributed by atoms with Crippen molar-refractivity contribution < 1.29 is 4.74 Å². The van der Waals surface area contributed by atoms with Gasteiger partial charge in [0.05, 0.1) is 0 Å². The molecule has 1 atom stereocenters. The highest BCUT2D eigenvalue weighted by atomic mass is 35.5. The molecular weight excluding hydrogens is 245 g/mol. The Morgan fingerprint density at radius 3 is 2.75 bits per heavy atom. The summed E-state index contributed by atoms with van der Waals surface area (Å²) in [7, 11) is 0.